The lowest BCUT2D eigenvalue weighted by Gasteiger charge is -2.09. The first-order chi connectivity index (χ1) is 11.0. The first-order valence-corrected chi connectivity index (χ1v) is 9.46. The fraction of sp³-hybridized carbons (Fsp3) is 0.312. The SMILES string of the molecule is CCCCS(=O)(=O)Nc1ccc(NCc2ccc(Cl)cc2)nc1. The van der Waals surface area contributed by atoms with Crippen LogP contribution in [0.1, 0.15) is 25.3 Å². The second-order valence-electron chi connectivity index (χ2n) is 5.19. The lowest BCUT2D eigenvalue weighted by Crippen LogP contribution is -2.16. The molecule has 1 aromatic heterocycles. The minimum atomic E-state index is -3.29. The number of hydrogen-bond donors (Lipinski definition) is 2. The molecule has 0 amide bonds. The van der Waals surface area contributed by atoms with Crippen molar-refractivity contribution in [3.63, 3.8) is 0 Å². The van der Waals surface area contributed by atoms with E-state index in [1.807, 2.05) is 31.2 Å². The van der Waals surface area contributed by atoms with Crippen LogP contribution >= 0.6 is 11.6 Å². The summed E-state index contributed by atoms with van der Waals surface area (Å²) in [5.74, 6) is 0.802. The van der Waals surface area contributed by atoms with Crippen molar-refractivity contribution in [1.82, 2.24) is 4.98 Å². The molecule has 7 heteroatoms. The highest BCUT2D eigenvalue weighted by atomic mass is 35.5. The fourth-order valence-electron chi connectivity index (χ4n) is 1.92. The predicted molar refractivity (Wildman–Crippen MR) is 95.3 cm³/mol. The van der Waals surface area contributed by atoms with E-state index in [-0.39, 0.29) is 5.75 Å². The highest BCUT2D eigenvalue weighted by molar-refractivity contribution is 7.92. The van der Waals surface area contributed by atoms with Crippen molar-refractivity contribution in [3.05, 3.63) is 53.2 Å². The van der Waals surface area contributed by atoms with Crippen LogP contribution in [0.25, 0.3) is 0 Å². The van der Waals surface area contributed by atoms with E-state index >= 15 is 0 Å². The van der Waals surface area contributed by atoms with Gasteiger partial charge in [-0.3, -0.25) is 4.72 Å². The van der Waals surface area contributed by atoms with Gasteiger partial charge in [-0.05, 0) is 36.2 Å². The van der Waals surface area contributed by atoms with Gasteiger partial charge in [-0.25, -0.2) is 13.4 Å². The molecule has 0 aliphatic rings. The van der Waals surface area contributed by atoms with E-state index in [1.54, 1.807) is 12.1 Å². The van der Waals surface area contributed by atoms with Gasteiger partial charge in [-0.2, -0.15) is 0 Å². The average Bonchev–Trinajstić information content (AvgIpc) is 2.53. The molecule has 0 saturated carbocycles. The number of halogens is 1. The highest BCUT2D eigenvalue weighted by Crippen LogP contribution is 2.14. The van der Waals surface area contributed by atoms with E-state index < -0.39 is 10.0 Å². The van der Waals surface area contributed by atoms with Crippen LogP contribution in [-0.2, 0) is 16.6 Å². The predicted octanol–water partition coefficient (Wildman–Crippen LogP) is 3.89. The molecule has 124 valence electrons. The summed E-state index contributed by atoms with van der Waals surface area (Å²) in [5.41, 5.74) is 1.55. The minimum Gasteiger partial charge on any atom is -0.366 e. The standard InChI is InChI=1S/C16H20ClN3O2S/c1-2-3-10-23(21,22)20-15-8-9-16(19-12-15)18-11-13-4-6-14(17)7-5-13/h4-9,12,20H,2-3,10-11H2,1H3,(H,18,19). The van der Waals surface area contributed by atoms with Crippen LogP contribution in [0.5, 0.6) is 0 Å². The molecule has 0 atom stereocenters. The van der Waals surface area contributed by atoms with Crippen LogP contribution in [0.2, 0.25) is 5.02 Å². The minimum absolute atomic E-state index is 0.125. The fourth-order valence-corrected chi connectivity index (χ4v) is 3.30. The Morgan fingerprint density at radius 3 is 2.48 bits per heavy atom. The molecule has 0 radical (unpaired) electrons. The van der Waals surface area contributed by atoms with Gasteiger partial charge in [0, 0.05) is 11.6 Å². The molecule has 0 fully saturated rings. The smallest absolute Gasteiger partial charge is 0.232 e. The van der Waals surface area contributed by atoms with Crippen LogP contribution < -0.4 is 10.0 Å². The normalized spacial score (nSPS) is 11.2. The lowest BCUT2D eigenvalue weighted by molar-refractivity contribution is 0.598. The number of benzene rings is 1. The second-order valence-corrected chi connectivity index (χ2v) is 7.46. The molecule has 5 nitrogen and oxygen atoms in total. The molecule has 2 N–H and O–H groups in total. The molecular weight excluding hydrogens is 334 g/mol. The van der Waals surface area contributed by atoms with Gasteiger partial charge in [0.15, 0.2) is 0 Å². The van der Waals surface area contributed by atoms with Crippen molar-refractivity contribution in [2.75, 3.05) is 15.8 Å². The number of nitrogens with zero attached hydrogens (tertiary/aromatic N) is 1. The van der Waals surface area contributed by atoms with Gasteiger partial charge in [0.25, 0.3) is 0 Å². The molecular formula is C16H20ClN3O2S. The maximum absolute atomic E-state index is 11.8. The van der Waals surface area contributed by atoms with Gasteiger partial charge < -0.3 is 5.32 Å². The Morgan fingerprint density at radius 1 is 1.13 bits per heavy atom. The number of rotatable bonds is 8. The Bertz CT molecular complexity index is 716. The maximum Gasteiger partial charge on any atom is 0.232 e. The van der Waals surface area contributed by atoms with Crippen molar-refractivity contribution in [3.8, 4) is 0 Å². The van der Waals surface area contributed by atoms with Gasteiger partial charge in [0.2, 0.25) is 10.0 Å². The summed E-state index contributed by atoms with van der Waals surface area (Å²) in [6, 6.07) is 11.0. The summed E-state index contributed by atoms with van der Waals surface area (Å²) < 4.78 is 26.2. The van der Waals surface area contributed by atoms with E-state index in [9.17, 15) is 8.42 Å². The number of hydrogen-bond acceptors (Lipinski definition) is 4. The van der Waals surface area contributed by atoms with Crippen LogP contribution in [0, 0.1) is 0 Å². The second kappa shape index (κ2) is 8.17. The number of aromatic nitrogens is 1. The maximum atomic E-state index is 11.8. The molecule has 0 aliphatic carbocycles. The number of pyridine rings is 1. The van der Waals surface area contributed by atoms with E-state index in [2.05, 4.69) is 15.0 Å². The van der Waals surface area contributed by atoms with E-state index in [1.165, 1.54) is 6.20 Å². The molecule has 2 rings (SSSR count). The van der Waals surface area contributed by atoms with Gasteiger partial charge in [-0.15, -0.1) is 0 Å². The summed E-state index contributed by atoms with van der Waals surface area (Å²) in [4.78, 5) is 4.21. The quantitative estimate of drug-likeness (QED) is 0.755. The lowest BCUT2D eigenvalue weighted by atomic mass is 10.2. The Hall–Kier alpha value is -1.79. The molecule has 0 aliphatic heterocycles. The van der Waals surface area contributed by atoms with E-state index in [4.69, 9.17) is 11.6 Å². The average molecular weight is 354 g/mol. The molecule has 2 aromatic rings. The number of anilines is 2. The topological polar surface area (TPSA) is 71.1 Å². The third-order valence-corrected chi connectivity index (χ3v) is 4.82. The van der Waals surface area contributed by atoms with Gasteiger partial charge in [0.1, 0.15) is 5.82 Å². The van der Waals surface area contributed by atoms with Crippen molar-refractivity contribution < 1.29 is 8.42 Å². The molecule has 0 saturated heterocycles. The zero-order valence-corrected chi connectivity index (χ0v) is 14.5. The van der Waals surface area contributed by atoms with Crippen molar-refractivity contribution >= 4 is 33.1 Å². The Balaban J connectivity index is 1.90. The summed E-state index contributed by atoms with van der Waals surface area (Å²) in [6.07, 6.45) is 2.99. The van der Waals surface area contributed by atoms with Crippen LogP contribution in [-0.4, -0.2) is 19.2 Å². The zero-order chi connectivity index (χ0) is 16.7. The summed E-state index contributed by atoms with van der Waals surface area (Å²) >= 11 is 5.84. The monoisotopic (exact) mass is 353 g/mol. The molecule has 0 bridgehead atoms. The first kappa shape index (κ1) is 17.6. The van der Waals surface area contributed by atoms with Gasteiger partial charge in [-0.1, -0.05) is 37.1 Å². The number of sulfonamides is 1. The summed E-state index contributed by atoms with van der Waals surface area (Å²) in [7, 11) is -3.29. The Kier molecular flexibility index (Phi) is 6.24. The van der Waals surface area contributed by atoms with Crippen LogP contribution in [0.3, 0.4) is 0 Å². The van der Waals surface area contributed by atoms with Gasteiger partial charge >= 0.3 is 0 Å². The molecule has 23 heavy (non-hydrogen) atoms. The molecule has 0 spiro atoms. The van der Waals surface area contributed by atoms with E-state index in [0.717, 1.165) is 12.0 Å². The van der Waals surface area contributed by atoms with Crippen molar-refractivity contribution in [2.45, 2.75) is 26.3 Å². The highest BCUT2D eigenvalue weighted by Gasteiger charge is 2.09. The van der Waals surface area contributed by atoms with Gasteiger partial charge in [0.05, 0.1) is 17.6 Å². The summed E-state index contributed by atoms with van der Waals surface area (Å²) in [6.45, 7) is 2.57. The molecule has 1 aromatic carbocycles. The first-order valence-electron chi connectivity index (χ1n) is 7.43. The van der Waals surface area contributed by atoms with Crippen LogP contribution in [0.15, 0.2) is 42.6 Å². The molecule has 1 heterocycles. The Morgan fingerprint density at radius 2 is 1.87 bits per heavy atom. The van der Waals surface area contributed by atoms with Crippen molar-refractivity contribution in [1.29, 1.82) is 0 Å². The third-order valence-electron chi connectivity index (χ3n) is 3.19. The zero-order valence-electron chi connectivity index (χ0n) is 12.9. The van der Waals surface area contributed by atoms with E-state index in [0.29, 0.717) is 29.5 Å². The Labute approximate surface area is 142 Å². The number of unbranched alkanes of at least 4 members (excludes halogenated alkanes) is 1. The largest absolute Gasteiger partial charge is 0.366 e. The van der Waals surface area contributed by atoms with Crippen molar-refractivity contribution in [2.24, 2.45) is 0 Å². The summed E-state index contributed by atoms with van der Waals surface area (Å²) in [5, 5.41) is 3.87. The van der Waals surface area contributed by atoms with Crippen LogP contribution in [0.4, 0.5) is 11.5 Å². The molecule has 0 unspecified atom stereocenters. The number of nitrogens with one attached hydrogen (secondary N) is 2. The third kappa shape index (κ3) is 6.08.